The van der Waals surface area contributed by atoms with Gasteiger partial charge in [0, 0.05) is 6.07 Å². The molecule has 0 unspecified atom stereocenters. The highest BCUT2D eigenvalue weighted by molar-refractivity contribution is 5.92. The van der Waals surface area contributed by atoms with Crippen LogP contribution in [0.1, 0.15) is 0 Å². The fraction of sp³-hybridized carbons (Fsp3) is 0. The van der Waals surface area contributed by atoms with Crippen LogP contribution in [0.2, 0.25) is 0 Å². The van der Waals surface area contributed by atoms with Crippen LogP contribution in [0.3, 0.4) is 0 Å². The number of hydrogen-bond donors (Lipinski definition) is 1. The van der Waals surface area contributed by atoms with Crippen LogP contribution in [-0.4, -0.2) is 0 Å². The van der Waals surface area contributed by atoms with Crippen molar-refractivity contribution in [1.82, 2.24) is 0 Å². The Morgan fingerprint density at radius 2 is 1.89 bits per heavy atom. The molecule has 0 aliphatic rings. The minimum Gasteiger partial charge on any atom is -0.427 e. The third-order valence-corrected chi connectivity index (χ3v) is 2.12. The minimum absolute atomic E-state index is 0.0490. The number of rotatable bonds is 2. The maximum absolute atomic E-state index is 12.7. The molecule has 0 amide bonds. The highest BCUT2D eigenvalue weighted by Gasteiger charge is 2.13. The van der Waals surface area contributed by atoms with Gasteiger partial charge in [-0.15, -0.1) is 0 Å². The van der Waals surface area contributed by atoms with E-state index in [0.29, 0.717) is 0 Å². The molecule has 2 aromatic rings. The van der Waals surface area contributed by atoms with Crippen LogP contribution in [0.5, 0.6) is 5.75 Å². The number of nitrogen functional groups attached to an aromatic ring is 1. The van der Waals surface area contributed by atoms with Crippen molar-refractivity contribution in [2.24, 2.45) is 0 Å². The Balaban J connectivity index is 2.63. The van der Waals surface area contributed by atoms with E-state index < -0.39 is 17.7 Å². The van der Waals surface area contributed by atoms with E-state index in [1.807, 2.05) is 0 Å². The zero-order chi connectivity index (χ0) is 13.3. The van der Waals surface area contributed by atoms with Crippen molar-refractivity contribution < 1.29 is 22.3 Å². The second kappa shape index (κ2) is 4.44. The average molecular weight is 257 g/mol. The van der Waals surface area contributed by atoms with Gasteiger partial charge in [0.25, 0.3) is 0 Å². The summed E-state index contributed by atoms with van der Waals surface area (Å²) in [6, 6.07) is 2.72. The number of halogens is 3. The molecule has 2 rings (SSSR count). The van der Waals surface area contributed by atoms with Crippen LogP contribution in [0.4, 0.5) is 18.9 Å². The van der Waals surface area contributed by atoms with Crippen molar-refractivity contribution in [3.8, 4) is 5.75 Å². The van der Waals surface area contributed by atoms with E-state index in [4.69, 9.17) is 10.2 Å². The number of fused-ring (bicyclic) bond motifs is 1. The van der Waals surface area contributed by atoms with Crippen molar-refractivity contribution in [3.63, 3.8) is 0 Å². The first kappa shape index (κ1) is 12.0. The lowest BCUT2D eigenvalue weighted by molar-refractivity contribution is 0.243. The van der Waals surface area contributed by atoms with E-state index in [-0.39, 0.29) is 22.4 Å². The molecule has 0 aliphatic heterocycles. The summed E-state index contributed by atoms with van der Waals surface area (Å²) in [6.45, 7) is 0. The molecule has 7 heteroatoms. The summed E-state index contributed by atoms with van der Waals surface area (Å²) < 4.78 is 45.7. The van der Waals surface area contributed by atoms with Crippen molar-refractivity contribution in [2.45, 2.75) is 0 Å². The molecular weight excluding hydrogens is 251 g/mol. The van der Waals surface area contributed by atoms with Crippen LogP contribution in [0.15, 0.2) is 45.6 Å². The first-order chi connectivity index (χ1) is 8.49. The van der Waals surface area contributed by atoms with Gasteiger partial charge in [-0.1, -0.05) is 0 Å². The Morgan fingerprint density at radius 3 is 2.56 bits per heavy atom. The SMILES string of the molecule is Nc1ccc(OC(F)=C(F)F)c2ccc(=O)oc12. The molecule has 2 N–H and O–H groups in total. The molecule has 94 valence electrons. The van der Waals surface area contributed by atoms with Gasteiger partial charge in [-0.3, -0.25) is 0 Å². The van der Waals surface area contributed by atoms with E-state index in [9.17, 15) is 18.0 Å². The maximum atomic E-state index is 12.7. The van der Waals surface area contributed by atoms with Gasteiger partial charge in [-0.2, -0.15) is 13.2 Å². The lowest BCUT2D eigenvalue weighted by Gasteiger charge is -2.06. The summed E-state index contributed by atoms with van der Waals surface area (Å²) in [5.74, 6) is -0.228. The van der Waals surface area contributed by atoms with E-state index >= 15 is 0 Å². The minimum atomic E-state index is -2.59. The lowest BCUT2D eigenvalue weighted by atomic mass is 10.2. The zero-order valence-corrected chi connectivity index (χ0v) is 8.75. The summed E-state index contributed by atoms with van der Waals surface area (Å²) in [7, 11) is 0. The molecule has 4 nitrogen and oxygen atoms in total. The van der Waals surface area contributed by atoms with Crippen LogP contribution in [0, 0.1) is 0 Å². The fourth-order valence-corrected chi connectivity index (χ4v) is 1.38. The van der Waals surface area contributed by atoms with Gasteiger partial charge in [0.1, 0.15) is 5.75 Å². The molecule has 0 saturated carbocycles. The van der Waals surface area contributed by atoms with Gasteiger partial charge < -0.3 is 14.9 Å². The molecule has 0 atom stereocenters. The molecule has 1 heterocycles. The van der Waals surface area contributed by atoms with Crippen molar-refractivity contribution in [3.05, 3.63) is 46.8 Å². The highest BCUT2D eigenvalue weighted by atomic mass is 19.3. The molecule has 0 bridgehead atoms. The molecule has 0 aliphatic carbocycles. The van der Waals surface area contributed by atoms with Gasteiger partial charge in [0.05, 0.1) is 11.1 Å². The predicted molar refractivity (Wildman–Crippen MR) is 57.9 cm³/mol. The van der Waals surface area contributed by atoms with E-state index in [2.05, 4.69) is 4.74 Å². The summed E-state index contributed by atoms with van der Waals surface area (Å²) in [4.78, 5) is 11.0. The number of benzene rings is 1. The number of hydrogen-bond acceptors (Lipinski definition) is 4. The summed E-state index contributed by atoms with van der Waals surface area (Å²) in [5, 5.41) is 0.117. The fourth-order valence-electron chi connectivity index (χ4n) is 1.38. The largest absolute Gasteiger partial charge is 0.427 e. The van der Waals surface area contributed by atoms with Crippen molar-refractivity contribution in [1.29, 1.82) is 0 Å². The standard InChI is InChI=1S/C11H6F3NO3/c12-10(13)11(14)17-7-3-2-6(15)9-5(7)1-4-8(16)18-9/h1-4H,15H2. The quantitative estimate of drug-likeness (QED) is 0.510. The van der Waals surface area contributed by atoms with Gasteiger partial charge in [-0.05, 0) is 18.2 Å². The zero-order valence-electron chi connectivity index (χ0n) is 8.75. The molecule has 0 saturated heterocycles. The maximum Gasteiger partial charge on any atom is 0.344 e. The van der Waals surface area contributed by atoms with Crippen molar-refractivity contribution in [2.75, 3.05) is 5.73 Å². The smallest absolute Gasteiger partial charge is 0.344 e. The Labute approximate surface area is 98.1 Å². The number of nitrogens with two attached hydrogens (primary N) is 1. The summed E-state index contributed by atoms with van der Waals surface area (Å²) in [5.41, 5.74) is 4.94. The Bertz CT molecular complexity index is 689. The molecule has 0 spiro atoms. The van der Waals surface area contributed by atoms with E-state index in [1.54, 1.807) is 0 Å². The molecule has 18 heavy (non-hydrogen) atoms. The second-order valence-corrected chi connectivity index (χ2v) is 3.29. The molecule has 1 aromatic carbocycles. The first-order valence-corrected chi connectivity index (χ1v) is 4.70. The second-order valence-electron chi connectivity index (χ2n) is 3.29. The number of anilines is 1. The molecule has 1 aromatic heterocycles. The van der Waals surface area contributed by atoms with E-state index in [1.165, 1.54) is 18.2 Å². The third kappa shape index (κ3) is 2.15. The average Bonchev–Trinajstić information content (AvgIpc) is 2.32. The van der Waals surface area contributed by atoms with Gasteiger partial charge in [-0.25, -0.2) is 4.79 Å². The number of ether oxygens (including phenoxy) is 1. The molecular formula is C11H6F3NO3. The monoisotopic (exact) mass is 257 g/mol. The topological polar surface area (TPSA) is 65.5 Å². The molecule has 0 fully saturated rings. The van der Waals surface area contributed by atoms with E-state index in [0.717, 1.165) is 6.07 Å². The van der Waals surface area contributed by atoms with Crippen molar-refractivity contribution >= 4 is 16.7 Å². The first-order valence-electron chi connectivity index (χ1n) is 4.70. The predicted octanol–water partition coefficient (Wildman–Crippen LogP) is 2.79. The Morgan fingerprint density at radius 1 is 1.17 bits per heavy atom. The lowest BCUT2D eigenvalue weighted by Crippen LogP contribution is -1.99. The van der Waals surface area contributed by atoms with Crippen LogP contribution in [0.25, 0.3) is 11.0 Å². The van der Waals surface area contributed by atoms with Crippen LogP contribution in [-0.2, 0) is 0 Å². The summed E-state index contributed by atoms with van der Waals surface area (Å²) in [6.07, 6.45) is -2.59. The Hall–Kier alpha value is -2.44. The van der Waals surface area contributed by atoms with Gasteiger partial charge in [0.15, 0.2) is 5.58 Å². The van der Waals surface area contributed by atoms with Gasteiger partial charge in [0.2, 0.25) is 0 Å². The normalized spacial score (nSPS) is 10.4. The highest BCUT2D eigenvalue weighted by Crippen LogP contribution is 2.31. The van der Waals surface area contributed by atoms with Gasteiger partial charge >= 0.3 is 17.7 Å². The van der Waals surface area contributed by atoms with Crippen LogP contribution >= 0.6 is 0 Å². The van der Waals surface area contributed by atoms with Crippen LogP contribution < -0.4 is 16.1 Å². The molecule has 0 radical (unpaired) electrons. The Kier molecular flexibility index (Phi) is 2.97. The summed E-state index contributed by atoms with van der Waals surface area (Å²) >= 11 is 0. The third-order valence-electron chi connectivity index (χ3n) is 2.12.